The van der Waals surface area contributed by atoms with Crippen LogP contribution >= 0.6 is 0 Å². The monoisotopic (exact) mass is 302 g/mol. The number of carbonyl (C=O) groups is 1. The Morgan fingerprint density at radius 2 is 2.14 bits per heavy atom. The van der Waals surface area contributed by atoms with Gasteiger partial charge in [0.2, 0.25) is 0 Å². The summed E-state index contributed by atoms with van der Waals surface area (Å²) in [4.78, 5) is 15.8. The molecule has 0 saturated heterocycles. The Morgan fingerprint density at radius 1 is 1.36 bits per heavy atom. The minimum atomic E-state index is -0.224. The summed E-state index contributed by atoms with van der Waals surface area (Å²) in [7, 11) is 3.14. The fourth-order valence-corrected chi connectivity index (χ4v) is 1.87. The van der Waals surface area contributed by atoms with Gasteiger partial charge in [-0.25, -0.2) is 10.4 Å². The van der Waals surface area contributed by atoms with Gasteiger partial charge in [-0.15, -0.1) is 0 Å². The summed E-state index contributed by atoms with van der Waals surface area (Å²) >= 11 is 0. The van der Waals surface area contributed by atoms with E-state index in [0.717, 1.165) is 11.4 Å². The SMILES string of the molecule is COc1ccc(/C=N\NC(=O)Cn2ccnc2C)cc1OC. The molecular formula is C15H18N4O3. The molecule has 0 bridgehead atoms. The molecule has 0 aliphatic heterocycles. The van der Waals surface area contributed by atoms with Gasteiger partial charge in [0.25, 0.3) is 5.91 Å². The number of hydrazone groups is 1. The van der Waals surface area contributed by atoms with Gasteiger partial charge in [0, 0.05) is 12.4 Å². The Balaban J connectivity index is 1.94. The minimum Gasteiger partial charge on any atom is -0.493 e. The van der Waals surface area contributed by atoms with Crippen LogP contribution in [0.1, 0.15) is 11.4 Å². The van der Waals surface area contributed by atoms with Gasteiger partial charge in [-0.1, -0.05) is 0 Å². The average Bonchev–Trinajstić information content (AvgIpc) is 2.92. The van der Waals surface area contributed by atoms with Crippen molar-refractivity contribution in [2.45, 2.75) is 13.5 Å². The van der Waals surface area contributed by atoms with Crippen molar-refractivity contribution in [1.29, 1.82) is 0 Å². The van der Waals surface area contributed by atoms with Crippen molar-refractivity contribution in [3.05, 3.63) is 42.0 Å². The van der Waals surface area contributed by atoms with E-state index in [9.17, 15) is 4.79 Å². The van der Waals surface area contributed by atoms with E-state index in [1.54, 1.807) is 49.5 Å². The topological polar surface area (TPSA) is 77.7 Å². The molecule has 0 radical (unpaired) electrons. The predicted molar refractivity (Wildman–Crippen MR) is 82.2 cm³/mol. The lowest BCUT2D eigenvalue weighted by Gasteiger charge is -2.07. The van der Waals surface area contributed by atoms with Gasteiger partial charge < -0.3 is 14.0 Å². The highest BCUT2D eigenvalue weighted by Crippen LogP contribution is 2.26. The molecule has 0 aliphatic carbocycles. The zero-order valence-electron chi connectivity index (χ0n) is 12.7. The largest absolute Gasteiger partial charge is 0.493 e. The molecule has 0 unspecified atom stereocenters. The van der Waals surface area contributed by atoms with Gasteiger partial charge >= 0.3 is 0 Å². The third-order valence-corrected chi connectivity index (χ3v) is 3.05. The Morgan fingerprint density at radius 3 is 2.77 bits per heavy atom. The third-order valence-electron chi connectivity index (χ3n) is 3.05. The number of hydrogen-bond acceptors (Lipinski definition) is 5. The van der Waals surface area contributed by atoms with Crippen LogP contribution in [-0.2, 0) is 11.3 Å². The second kappa shape index (κ2) is 7.26. The quantitative estimate of drug-likeness (QED) is 0.645. The molecule has 1 amide bonds. The zero-order valence-corrected chi connectivity index (χ0v) is 12.7. The van der Waals surface area contributed by atoms with Crippen LogP contribution in [0.5, 0.6) is 11.5 Å². The normalized spacial score (nSPS) is 10.7. The smallest absolute Gasteiger partial charge is 0.260 e. The first-order chi connectivity index (χ1) is 10.6. The number of aromatic nitrogens is 2. The lowest BCUT2D eigenvalue weighted by molar-refractivity contribution is -0.121. The van der Waals surface area contributed by atoms with Crippen molar-refractivity contribution in [2.24, 2.45) is 5.10 Å². The van der Waals surface area contributed by atoms with Crippen molar-refractivity contribution in [1.82, 2.24) is 15.0 Å². The van der Waals surface area contributed by atoms with Crippen molar-refractivity contribution in [3.63, 3.8) is 0 Å². The van der Waals surface area contributed by atoms with Gasteiger partial charge in [-0.3, -0.25) is 4.79 Å². The highest BCUT2D eigenvalue weighted by atomic mass is 16.5. The highest BCUT2D eigenvalue weighted by Gasteiger charge is 2.04. The lowest BCUT2D eigenvalue weighted by atomic mass is 10.2. The summed E-state index contributed by atoms with van der Waals surface area (Å²) in [6, 6.07) is 5.36. The summed E-state index contributed by atoms with van der Waals surface area (Å²) < 4.78 is 12.1. The van der Waals surface area contributed by atoms with Crippen LogP contribution in [0.25, 0.3) is 0 Å². The van der Waals surface area contributed by atoms with Crippen LogP contribution in [0.4, 0.5) is 0 Å². The van der Waals surface area contributed by atoms with Crippen molar-refractivity contribution < 1.29 is 14.3 Å². The van der Waals surface area contributed by atoms with Gasteiger partial charge in [-0.05, 0) is 30.7 Å². The molecular weight excluding hydrogens is 284 g/mol. The van der Waals surface area contributed by atoms with E-state index < -0.39 is 0 Å². The second-order valence-electron chi connectivity index (χ2n) is 4.51. The molecule has 1 heterocycles. The molecule has 22 heavy (non-hydrogen) atoms. The number of nitrogens with zero attached hydrogens (tertiary/aromatic N) is 3. The molecule has 0 atom stereocenters. The van der Waals surface area contributed by atoms with E-state index in [4.69, 9.17) is 9.47 Å². The molecule has 0 aliphatic rings. The minimum absolute atomic E-state index is 0.176. The Hall–Kier alpha value is -2.83. The number of methoxy groups -OCH3 is 2. The maximum absolute atomic E-state index is 11.8. The van der Waals surface area contributed by atoms with Crippen molar-refractivity contribution >= 4 is 12.1 Å². The van der Waals surface area contributed by atoms with Gasteiger partial charge in [-0.2, -0.15) is 5.10 Å². The fourth-order valence-electron chi connectivity index (χ4n) is 1.87. The molecule has 2 aromatic rings. The molecule has 0 fully saturated rings. The molecule has 0 spiro atoms. The molecule has 116 valence electrons. The molecule has 7 nitrogen and oxygen atoms in total. The van der Waals surface area contributed by atoms with Crippen LogP contribution in [0.2, 0.25) is 0 Å². The number of imidazole rings is 1. The average molecular weight is 302 g/mol. The standard InChI is InChI=1S/C15H18N4O3/c1-11-16-6-7-19(11)10-15(20)18-17-9-12-4-5-13(21-2)14(8-12)22-3/h4-9H,10H2,1-3H3,(H,18,20)/b17-9-. The van der Waals surface area contributed by atoms with E-state index in [1.807, 2.05) is 13.0 Å². The van der Waals surface area contributed by atoms with E-state index in [2.05, 4.69) is 15.5 Å². The van der Waals surface area contributed by atoms with Crippen LogP contribution in [0, 0.1) is 6.92 Å². The second-order valence-corrected chi connectivity index (χ2v) is 4.51. The number of benzene rings is 1. The number of aryl methyl sites for hydroxylation is 1. The number of carbonyl (C=O) groups excluding carboxylic acids is 1. The van der Waals surface area contributed by atoms with E-state index in [0.29, 0.717) is 11.5 Å². The Labute approximate surface area is 128 Å². The first-order valence-electron chi connectivity index (χ1n) is 6.65. The molecule has 7 heteroatoms. The van der Waals surface area contributed by atoms with Crippen LogP contribution in [0.3, 0.4) is 0 Å². The van der Waals surface area contributed by atoms with Crippen LogP contribution < -0.4 is 14.9 Å². The summed E-state index contributed by atoms with van der Waals surface area (Å²) in [5.74, 6) is 1.79. The van der Waals surface area contributed by atoms with Crippen LogP contribution in [-0.4, -0.2) is 35.9 Å². The lowest BCUT2D eigenvalue weighted by Crippen LogP contribution is -2.23. The number of amides is 1. The van der Waals surface area contributed by atoms with E-state index in [-0.39, 0.29) is 12.5 Å². The Bertz CT molecular complexity index is 679. The van der Waals surface area contributed by atoms with E-state index in [1.165, 1.54) is 0 Å². The summed E-state index contributed by atoms with van der Waals surface area (Å²) in [5.41, 5.74) is 3.26. The van der Waals surface area contributed by atoms with E-state index >= 15 is 0 Å². The van der Waals surface area contributed by atoms with Crippen molar-refractivity contribution in [2.75, 3.05) is 14.2 Å². The number of hydrogen-bond donors (Lipinski definition) is 1. The summed E-state index contributed by atoms with van der Waals surface area (Å²) in [6.45, 7) is 2.01. The maximum atomic E-state index is 11.8. The maximum Gasteiger partial charge on any atom is 0.260 e. The molecule has 1 aromatic carbocycles. The first-order valence-corrected chi connectivity index (χ1v) is 6.65. The third kappa shape index (κ3) is 3.85. The highest BCUT2D eigenvalue weighted by molar-refractivity contribution is 5.83. The molecule has 0 saturated carbocycles. The van der Waals surface area contributed by atoms with Gasteiger partial charge in [0.05, 0.1) is 20.4 Å². The molecule has 1 aromatic heterocycles. The summed E-state index contributed by atoms with van der Waals surface area (Å²) in [6.07, 6.45) is 4.93. The van der Waals surface area contributed by atoms with Crippen LogP contribution in [0.15, 0.2) is 35.7 Å². The number of rotatable bonds is 6. The fraction of sp³-hybridized carbons (Fsp3) is 0.267. The first kappa shape index (κ1) is 15.6. The van der Waals surface area contributed by atoms with Crippen molar-refractivity contribution in [3.8, 4) is 11.5 Å². The van der Waals surface area contributed by atoms with Gasteiger partial charge in [0.1, 0.15) is 12.4 Å². The molecule has 1 N–H and O–H groups in total. The molecule has 2 rings (SSSR count). The summed E-state index contributed by atoms with van der Waals surface area (Å²) in [5, 5.41) is 3.93. The predicted octanol–water partition coefficient (Wildman–Crippen LogP) is 1.36. The number of ether oxygens (including phenoxy) is 2. The van der Waals surface area contributed by atoms with Gasteiger partial charge in [0.15, 0.2) is 11.5 Å². The zero-order chi connectivity index (χ0) is 15.9. The Kier molecular flexibility index (Phi) is 5.13. The number of nitrogens with one attached hydrogen (secondary N) is 1.